The lowest BCUT2D eigenvalue weighted by atomic mass is 10.5. The highest BCUT2D eigenvalue weighted by atomic mass is 35.5. The smallest absolute Gasteiger partial charge is 0.409 e. The van der Waals surface area contributed by atoms with E-state index >= 15 is 0 Å². The van der Waals surface area contributed by atoms with E-state index in [0.717, 1.165) is 0 Å². The summed E-state index contributed by atoms with van der Waals surface area (Å²) in [7, 11) is 0. The molecule has 0 radical (unpaired) electrons. The van der Waals surface area contributed by atoms with Gasteiger partial charge in [-0.3, -0.25) is 0 Å². The van der Waals surface area contributed by atoms with Crippen LogP contribution in [0.15, 0.2) is 10.4 Å². The van der Waals surface area contributed by atoms with Crippen LogP contribution in [0.5, 0.6) is 0 Å². The molecule has 0 aliphatic carbocycles. The predicted octanol–water partition coefficient (Wildman–Crippen LogP) is 2.82. The van der Waals surface area contributed by atoms with Crippen molar-refractivity contribution in [3.05, 3.63) is 10.4 Å². The molecule has 0 amide bonds. The topological polar surface area (TPSA) is 18.5 Å². The first kappa shape index (κ1) is 9.73. The Morgan fingerprint density at radius 3 is 1.33 bits per heavy atom. The molecular formula is C4Cl2F4O2. The van der Waals surface area contributed by atoms with Gasteiger partial charge in [0.2, 0.25) is 10.4 Å². The van der Waals surface area contributed by atoms with Crippen molar-refractivity contribution in [2.45, 2.75) is 12.2 Å². The van der Waals surface area contributed by atoms with E-state index in [4.69, 9.17) is 23.2 Å². The Morgan fingerprint density at radius 1 is 0.833 bits per heavy atom. The molecule has 70 valence electrons. The molecule has 1 heterocycles. The number of rotatable bonds is 0. The van der Waals surface area contributed by atoms with Gasteiger partial charge in [-0.25, -0.2) is 0 Å². The van der Waals surface area contributed by atoms with Crippen LogP contribution in [-0.4, -0.2) is 12.2 Å². The molecule has 0 aromatic heterocycles. The van der Waals surface area contributed by atoms with Crippen molar-refractivity contribution >= 4 is 23.2 Å². The molecule has 0 spiro atoms. The van der Waals surface area contributed by atoms with Gasteiger partial charge in [-0.1, -0.05) is 0 Å². The highest BCUT2D eigenvalue weighted by Gasteiger charge is 2.66. The van der Waals surface area contributed by atoms with Crippen LogP contribution >= 0.6 is 23.2 Å². The third-order valence-corrected chi connectivity index (χ3v) is 1.52. The second-order valence-corrected chi connectivity index (χ2v) is 2.47. The fourth-order valence-corrected chi connectivity index (χ4v) is 0.695. The fourth-order valence-electron chi connectivity index (χ4n) is 0.424. The minimum atomic E-state index is -4.80. The Balaban J connectivity index is 3.00. The van der Waals surface area contributed by atoms with Gasteiger partial charge in [0.15, 0.2) is 0 Å². The summed E-state index contributed by atoms with van der Waals surface area (Å²) in [6.45, 7) is 0. The number of ether oxygens (including phenoxy) is 2. The van der Waals surface area contributed by atoms with Crippen LogP contribution in [-0.2, 0) is 9.47 Å². The number of hydrogen-bond donors (Lipinski definition) is 0. The summed E-state index contributed by atoms with van der Waals surface area (Å²) in [5, 5.41) is -2.21. The van der Waals surface area contributed by atoms with E-state index in [0.29, 0.717) is 0 Å². The van der Waals surface area contributed by atoms with E-state index < -0.39 is 22.7 Å². The first-order valence-corrected chi connectivity index (χ1v) is 3.21. The van der Waals surface area contributed by atoms with Gasteiger partial charge in [0, 0.05) is 0 Å². The third-order valence-electron chi connectivity index (χ3n) is 0.929. The molecule has 0 aromatic rings. The molecule has 0 bridgehead atoms. The predicted molar refractivity (Wildman–Crippen MR) is 30.8 cm³/mol. The minimum absolute atomic E-state index is 1.10. The lowest BCUT2D eigenvalue weighted by Gasteiger charge is -2.29. The third kappa shape index (κ3) is 1.40. The Hall–Kier alpha value is -0.360. The molecule has 0 saturated heterocycles. The zero-order chi connectivity index (χ0) is 9.57. The van der Waals surface area contributed by atoms with Gasteiger partial charge < -0.3 is 9.47 Å². The van der Waals surface area contributed by atoms with E-state index in [9.17, 15) is 17.6 Å². The molecule has 0 fully saturated rings. The molecule has 1 aliphatic heterocycles. The van der Waals surface area contributed by atoms with E-state index in [-0.39, 0.29) is 0 Å². The van der Waals surface area contributed by atoms with Gasteiger partial charge in [0.25, 0.3) is 0 Å². The van der Waals surface area contributed by atoms with E-state index in [1.165, 1.54) is 0 Å². The fraction of sp³-hybridized carbons (Fsp3) is 0.500. The summed E-state index contributed by atoms with van der Waals surface area (Å²) < 4.78 is 55.1. The monoisotopic (exact) mass is 226 g/mol. The highest BCUT2D eigenvalue weighted by Crippen LogP contribution is 2.45. The molecule has 0 atom stereocenters. The maximum absolute atomic E-state index is 12.1. The van der Waals surface area contributed by atoms with Gasteiger partial charge in [-0.15, -0.1) is 0 Å². The first-order chi connectivity index (χ1) is 5.26. The molecular weight excluding hydrogens is 227 g/mol. The number of halogens is 6. The van der Waals surface area contributed by atoms with Crippen LogP contribution in [0.25, 0.3) is 0 Å². The van der Waals surface area contributed by atoms with Gasteiger partial charge in [0.1, 0.15) is 0 Å². The Bertz CT molecular complexity index is 215. The largest absolute Gasteiger partial charge is 0.508 e. The molecule has 2 nitrogen and oxygen atoms in total. The summed E-state index contributed by atoms with van der Waals surface area (Å²) >= 11 is 9.73. The average Bonchev–Trinajstić information content (AvgIpc) is 1.82. The molecule has 0 N–H and O–H groups in total. The van der Waals surface area contributed by atoms with Gasteiger partial charge in [-0.05, 0) is 23.2 Å². The number of alkyl halides is 4. The van der Waals surface area contributed by atoms with Crippen LogP contribution < -0.4 is 0 Å². The molecule has 0 saturated carbocycles. The Labute approximate surface area is 73.6 Å². The average molecular weight is 227 g/mol. The lowest BCUT2D eigenvalue weighted by molar-refractivity contribution is -0.421. The summed E-state index contributed by atoms with van der Waals surface area (Å²) in [6.07, 6.45) is -9.61. The van der Waals surface area contributed by atoms with Crippen molar-refractivity contribution in [3.8, 4) is 0 Å². The van der Waals surface area contributed by atoms with Gasteiger partial charge in [-0.2, -0.15) is 17.6 Å². The standard InChI is InChI=1S/C4Cl2F4O2/c5-1-2(6)12-4(9,10)3(7,8)11-1. The van der Waals surface area contributed by atoms with Crippen LogP contribution in [0.4, 0.5) is 17.6 Å². The maximum Gasteiger partial charge on any atom is 0.508 e. The van der Waals surface area contributed by atoms with Crippen molar-refractivity contribution in [1.29, 1.82) is 0 Å². The molecule has 0 unspecified atom stereocenters. The SMILES string of the molecule is FC1(F)OC(Cl)=C(Cl)OC1(F)F. The van der Waals surface area contributed by atoms with Crippen molar-refractivity contribution < 1.29 is 27.0 Å². The zero-order valence-corrected chi connectivity index (χ0v) is 6.60. The zero-order valence-electron chi connectivity index (χ0n) is 5.08. The maximum atomic E-state index is 12.1. The Kier molecular flexibility index (Phi) is 2.08. The quantitative estimate of drug-likeness (QED) is 0.592. The number of hydrogen-bond acceptors (Lipinski definition) is 2. The van der Waals surface area contributed by atoms with Crippen molar-refractivity contribution in [3.63, 3.8) is 0 Å². The second-order valence-electron chi connectivity index (χ2n) is 1.79. The van der Waals surface area contributed by atoms with Gasteiger partial charge >= 0.3 is 12.2 Å². The molecule has 8 heteroatoms. The van der Waals surface area contributed by atoms with Crippen LogP contribution in [0.2, 0.25) is 0 Å². The highest BCUT2D eigenvalue weighted by molar-refractivity contribution is 6.37. The molecule has 0 aromatic carbocycles. The van der Waals surface area contributed by atoms with Crippen molar-refractivity contribution in [2.24, 2.45) is 0 Å². The van der Waals surface area contributed by atoms with Crippen LogP contribution in [0, 0.1) is 0 Å². The summed E-state index contributed by atoms with van der Waals surface area (Å²) in [6, 6.07) is 0. The van der Waals surface area contributed by atoms with Crippen LogP contribution in [0.1, 0.15) is 0 Å². The second kappa shape index (κ2) is 2.56. The summed E-state index contributed by atoms with van der Waals surface area (Å²) in [5.74, 6) is 0. The lowest BCUT2D eigenvalue weighted by Crippen LogP contribution is -2.46. The van der Waals surface area contributed by atoms with E-state index in [2.05, 4.69) is 9.47 Å². The Morgan fingerprint density at radius 2 is 1.08 bits per heavy atom. The summed E-state index contributed by atoms with van der Waals surface area (Å²) in [4.78, 5) is 0. The van der Waals surface area contributed by atoms with Gasteiger partial charge in [0.05, 0.1) is 0 Å². The molecule has 12 heavy (non-hydrogen) atoms. The molecule has 1 rings (SSSR count). The molecule has 1 aliphatic rings. The summed E-state index contributed by atoms with van der Waals surface area (Å²) in [5.41, 5.74) is 0. The first-order valence-electron chi connectivity index (χ1n) is 2.45. The van der Waals surface area contributed by atoms with Crippen LogP contribution in [0.3, 0.4) is 0 Å². The van der Waals surface area contributed by atoms with Crippen molar-refractivity contribution in [1.82, 2.24) is 0 Å². The van der Waals surface area contributed by atoms with Crippen molar-refractivity contribution in [2.75, 3.05) is 0 Å². The van der Waals surface area contributed by atoms with E-state index in [1.54, 1.807) is 0 Å². The van der Waals surface area contributed by atoms with E-state index in [1.807, 2.05) is 0 Å². The normalized spacial score (nSPS) is 26.2. The minimum Gasteiger partial charge on any atom is -0.409 e.